The molecule has 0 aliphatic heterocycles. The van der Waals surface area contributed by atoms with Crippen LogP contribution in [0.5, 0.6) is 5.75 Å². The molecule has 1 aliphatic rings. The van der Waals surface area contributed by atoms with Crippen LogP contribution in [0.4, 0.5) is 5.69 Å². The quantitative estimate of drug-likeness (QED) is 0.268. The molecule has 199 valence electrons. The molecule has 0 saturated heterocycles. The van der Waals surface area contributed by atoms with Crippen LogP contribution >= 0.6 is 0 Å². The van der Waals surface area contributed by atoms with Crippen LogP contribution in [-0.4, -0.2) is 99.1 Å². The molecule has 0 aromatic heterocycles. The molecular formula is C27H26N2NaO7S2. The van der Waals surface area contributed by atoms with Gasteiger partial charge in [0, 0.05) is 72.6 Å². The average Bonchev–Trinajstić information content (AvgIpc) is 2.84. The zero-order chi connectivity index (χ0) is 28.0. The summed E-state index contributed by atoms with van der Waals surface area (Å²) in [5.41, 5.74) is 3.49. The normalized spacial score (nSPS) is 13.4. The second-order valence-corrected chi connectivity index (χ2v) is 11.9. The Balaban J connectivity index is 0.00000420. The Morgan fingerprint density at radius 3 is 1.97 bits per heavy atom. The SMILES string of the molecule is CN(C)c1ccc(C(=C2C=CC(=[N+](C)C)C=C2)c2c(O)c(S(=O)(=O)[O-])cc3cc(S(=O)(=O)O)ccc23)cc1.[Na]. The monoisotopic (exact) mass is 577 g/mol. The Labute approximate surface area is 249 Å². The Morgan fingerprint density at radius 1 is 0.897 bits per heavy atom. The third-order valence-corrected chi connectivity index (χ3v) is 7.91. The molecule has 3 aromatic rings. The van der Waals surface area contributed by atoms with Crippen molar-refractivity contribution in [3.8, 4) is 5.75 Å². The van der Waals surface area contributed by atoms with Crippen LogP contribution in [-0.2, 0) is 20.2 Å². The van der Waals surface area contributed by atoms with Crippen molar-refractivity contribution in [2.45, 2.75) is 9.79 Å². The number of rotatable bonds is 5. The Kier molecular flexibility index (Phi) is 8.98. The molecule has 1 radical (unpaired) electrons. The van der Waals surface area contributed by atoms with Crippen LogP contribution in [0.25, 0.3) is 16.3 Å². The molecule has 39 heavy (non-hydrogen) atoms. The van der Waals surface area contributed by atoms with Gasteiger partial charge in [0.25, 0.3) is 10.1 Å². The van der Waals surface area contributed by atoms with E-state index >= 15 is 0 Å². The van der Waals surface area contributed by atoms with Crippen molar-refractivity contribution in [3.05, 3.63) is 89.5 Å². The fourth-order valence-electron chi connectivity index (χ4n) is 4.26. The minimum absolute atomic E-state index is 0. The van der Waals surface area contributed by atoms with Crippen LogP contribution in [0.1, 0.15) is 11.1 Å². The molecule has 2 N–H and O–H groups in total. The first kappa shape index (κ1) is 30.8. The summed E-state index contributed by atoms with van der Waals surface area (Å²) in [6, 6.07) is 11.8. The average molecular weight is 578 g/mol. The third-order valence-electron chi connectivity index (χ3n) is 6.21. The Bertz CT molecular complexity index is 1780. The number of phenols is 1. The van der Waals surface area contributed by atoms with Gasteiger partial charge in [-0.25, -0.2) is 13.0 Å². The van der Waals surface area contributed by atoms with Gasteiger partial charge in [-0.15, -0.1) is 0 Å². The summed E-state index contributed by atoms with van der Waals surface area (Å²) in [7, 11) is -2.26. The summed E-state index contributed by atoms with van der Waals surface area (Å²) in [6.45, 7) is 0. The second-order valence-electron chi connectivity index (χ2n) is 9.17. The van der Waals surface area contributed by atoms with Crippen LogP contribution < -0.4 is 4.90 Å². The first-order chi connectivity index (χ1) is 17.7. The first-order valence-electron chi connectivity index (χ1n) is 11.3. The zero-order valence-corrected chi connectivity index (χ0v) is 25.7. The maximum absolute atomic E-state index is 12.2. The molecule has 0 saturated carbocycles. The summed E-state index contributed by atoms with van der Waals surface area (Å²) in [5.74, 6) is -0.754. The van der Waals surface area contributed by atoms with Gasteiger partial charge in [0.05, 0.1) is 9.79 Å². The number of fused-ring (bicyclic) bond motifs is 1. The number of benzene rings is 3. The summed E-state index contributed by atoms with van der Waals surface area (Å²) < 4.78 is 71.5. The molecule has 9 nitrogen and oxygen atoms in total. The van der Waals surface area contributed by atoms with Crippen LogP contribution in [0.3, 0.4) is 0 Å². The largest absolute Gasteiger partial charge is 0.744 e. The standard InChI is InChI=1S/C27H26N2O7S2.Na/c1-28(2)20-9-5-17(6-10-20)25(18-7-11-21(12-8-18)29(3)4)26-23-14-13-22(37(31,32)33)15-19(23)16-24(27(26)30)38(34,35)36;/h5-16H,1-4H3,(H2,31,32,33,34,35,36);. The van der Waals surface area contributed by atoms with E-state index in [9.17, 15) is 31.0 Å². The Hall–Kier alpha value is -2.77. The van der Waals surface area contributed by atoms with Crippen molar-refractivity contribution in [3.63, 3.8) is 0 Å². The molecule has 0 bridgehead atoms. The fraction of sp³-hybridized carbons (Fsp3) is 0.148. The van der Waals surface area contributed by atoms with Gasteiger partial charge in [-0.1, -0.05) is 18.2 Å². The van der Waals surface area contributed by atoms with Crippen molar-refractivity contribution in [2.24, 2.45) is 0 Å². The molecule has 1 aliphatic carbocycles. The minimum atomic E-state index is -5.17. The van der Waals surface area contributed by atoms with E-state index in [0.717, 1.165) is 29.6 Å². The van der Waals surface area contributed by atoms with Crippen molar-refractivity contribution in [1.29, 1.82) is 0 Å². The molecule has 4 rings (SSSR count). The van der Waals surface area contributed by atoms with Gasteiger partial charge in [0.2, 0.25) is 0 Å². The number of hydrogen-bond acceptors (Lipinski definition) is 7. The van der Waals surface area contributed by atoms with Gasteiger partial charge in [0.15, 0.2) is 5.71 Å². The van der Waals surface area contributed by atoms with Crippen molar-refractivity contribution >= 4 is 77.5 Å². The molecule has 0 heterocycles. The smallest absolute Gasteiger partial charge is 0.294 e. The van der Waals surface area contributed by atoms with Gasteiger partial charge in [-0.2, -0.15) is 8.42 Å². The van der Waals surface area contributed by atoms with E-state index < -0.39 is 35.8 Å². The van der Waals surface area contributed by atoms with Crippen LogP contribution in [0, 0.1) is 0 Å². The summed E-state index contributed by atoms with van der Waals surface area (Å²) in [6.07, 6.45) is 7.32. The van der Waals surface area contributed by atoms with Crippen molar-refractivity contribution < 1.29 is 35.6 Å². The van der Waals surface area contributed by atoms with E-state index in [4.69, 9.17) is 0 Å². The van der Waals surface area contributed by atoms with Gasteiger partial charge in [-0.3, -0.25) is 4.55 Å². The van der Waals surface area contributed by atoms with E-state index in [-0.39, 0.29) is 45.9 Å². The van der Waals surface area contributed by atoms with Gasteiger partial charge in [-0.05, 0) is 64.4 Å². The predicted molar refractivity (Wildman–Crippen MR) is 151 cm³/mol. The van der Waals surface area contributed by atoms with Gasteiger partial charge < -0.3 is 14.6 Å². The molecule has 0 atom stereocenters. The molecule has 12 heteroatoms. The molecule has 3 aromatic carbocycles. The van der Waals surface area contributed by atoms with Gasteiger partial charge >= 0.3 is 0 Å². The number of aromatic hydroxyl groups is 1. The number of anilines is 1. The van der Waals surface area contributed by atoms with Crippen LogP contribution in [0.15, 0.2) is 88.2 Å². The topological polar surface area (TPSA) is 138 Å². The summed E-state index contributed by atoms with van der Waals surface area (Å²) in [5, 5.41) is 11.6. The molecule has 0 amide bonds. The molecular weight excluding hydrogens is 551 g/mol. The van der Waals surface area contributed by atoms with E-state index in [1.807, 2.05) is 62.0 Å². The maximum atomic E-state index is 12.2. The number of nitrogens with zero attached hydrogens (tertiary/aromatic N) is 2. The van der Waals surface area contributed by atoms with Crippen LogP contribution in [0.2, 0.25) is 0 Å². The maximum Gasteiger partial charge on any atom is 0.294 e. The Morgan fingerprint density at radius 2 is 1.49 bits per heavy atom. The zero-order valence-electron chi connectivity index (χ0n) is 22.1. The number of hydrogen-bond donors (Lipinski definition) is 2. The number of phenolic OH excluding ortho intramolecular Hbond substituents is 1. The van der Waals surface area contributed by atoms with E-state index in [0.29, 0.717) is 16.7 Å². The minimum Gasteiger partial charge on any atom is -0.744 e. The first-order valence-corrected chi connectivity index (χ1v) is 14.2. The van der Waals surface area contributed by atoms with Crippen molar-refractivity contribution in [1.82, 2.24) is 0 Å². The van der Waals surface area contributed by atoms with Gasteiger partial charge in [0.1, 0.15) is 30.0 Å². The molecule has 0 fully saturated rings. The summed E-state index contributed by atoms with van der Waals surface area (Å²) >= 11 is 0. The fourth-order valence-corrected chi connectivity index (χ4v) is 5.39. The molecule has 0 unspecified atom stereocenters. The number of allylic oxidation sites excluding steroid dienone is 5. The van der Waals surface area contributed by atoms with E-state index in [1.54, 1.807) is 24.3 Å². The van der Waals surface area contributed by atoms with E-state index in [1.165, 1.54) is 6.07 Å². The van der Waals surface area contributed by atoms with E-state index in [2.05, 4.69) is 0 Å². The predicted octanol–water partition coefficient (Wildman–Crippen LogP) is 3.02. The molecule has 0 spiro atoms. The summed E-state index contributed by atoms with van der Waals surface area (Å²) in [4.78, 5) is 0.520. The second kappa shape index (κ2) is 11.4. The van der Waals surface area contributed by atoms with Crippen molar-refractivity contribution in [2.75, 3.05) is 33.1 Å². The third kappa shape index (κ3) is 6.36.